The van der Waals surface area contributed by atoms with Crippen LogP contribution in [0.1, 0.15) is 23.2 Å². The predicted molar refractivity (Wildman–Crippen MR) is 106 cm³/mol. The molecule has 0 radical (unpaired) electrons. The Hall–Kier alpha value is -2.77. The number of nitrogens with zero attached hydrogens (tertiary/aromatic N) is 1. The van der Waals surface area contributed by atoms with E-state index in [0.29, 0.717) is 34.3 Å². The van der Waals surface area contributed by atoms with Crippen molar-refractivity contribution in [3.05, 3.63) is 65.3 Å². The Morgan fingerprint density at radius 1 is 1.29 bits per heavy atom. The van der Waals surface area contributed by atoms with Crippen molar-refractivity contribution < 1.29 is 18.7 Å². The molecule has 1 unspecified atom stereocenters. The third-order valence-corrected chi connectivity index (χ3v) is 5.18. The number of anilines is 1. The standard InChI is InChI=1S/C21H19FN2O3S/c22-16-4-1-3-15(11-16)19-13-28-21(23-19)24-20(25)14-6-8-17(9-7-14)27-12-18-5-2-10-26-18/h1,3-4,6-9,11,13,18H,2,5,10,12H2,(H,23,24,25). The summed E-state index contributed by atoms with van der Waals surface area (Å²) in [5.74, 6) is 0.124. The number of hydrogen-bond donors (Lipinski definition) is 1. The molecule has 1 aliphatic heterocycles. The summed E-state index contributed by atoms with van der Waals surface area (Å²) in [4.78, 5) is 16.8. The highest BCUT2D eigenvalue weighted by Crippen LogP contribution is 2.26. The number of benzene rings is 2. The van der Waals surface area contributed by atoms with Crippen molar-refractivity contribution >= 4 is 22.4 Å². The van der Waals surface area contributed by atoms with Crippen molar-refractivity contribution in [2.45, 2.75) is 18.9 Å². The minimum Gasteiger partial charge on any atom is -0.491 e. The lowest BCUT2D eigenvalue weighted by atomic mass is 10.2. The molecular formula is C21H19FN2O3S. The summed E-state index contributed by atoms with van der Waals surface area (Å²) in [6.45, 7) is 1.32. The van der Waals surface area contributed by atoms with Gasteiger partial charge in [-0.2, -0.15) is 0 Å². The average Bonchev–Trinajstić information content (AvgIpc) is 3.39. The fourth-order valence-electron chi connectivity index (χ4n) is 2.95. The maximum absolute atomic E-state index is 13.4. The summed E-state index contributed by atoms with van der Waals surface area (Å²) in [6, 6.07) is 13.2. The lowest BCUT2D eigenvalue weighted by molar-refractivity contribution is 0.0679. The molecular weight excluding hydrogens is 379 g/mol. The van der Waals surface area contributed by atoms with Crippen LogP contribution in [-0.2, 0) is 4.74 Å². The second kappa shape index (κ2) is 8.50. The molecule has 5 nitrogen and oxygen atoms in total. The molecule has 2 heterocycles. The summed E-state index contributed by atoms with van der Waals surface area (Å²) < 4.78 is 24.6. The van der Waals surface area contributed by atoms with Crippen LogP contribution >= 0.6 is 11.3 Å². The average molecular weight is 398 g/mol. The number of rotatable bonds is 6. The fourth-order valence-corrected chi connectivity index (χ4v) is 3.66. The molecule has 7 heteroatoms. The van der Waals surface area contributed by atoms with Crippen molar-refractivity contribution in [2.75, 3.05) is 18.5 Å². The molecule has 0 saturated carbocycles. The molecule has 0 aliphatic carbocycles. The van der Waals surface area contributed by atoms with Crippen LogP contribution in [0.3, 0.4) is 0 Å². The predicted octanol–water partition coefficient (Wildman–Crippen LogP) is 4.76. The van der Waals surface area contributed by atoms with Crippen LogP contribution in [0.5, 0.6) is 5.75 Å². The van der Waals surface area contributed by atoms with Gasteiger partial charge in [0.15, 0.2) is 5.13 Å². The number of aromatic nitrogens is 1. The number of carbonyl (C=O) groups excluding carboxylic acids is 1. The van der Waals surface area contributed by atoms with Gasteiger partial charge in [0.25, 0.3) is 5.91 Å². The zero-order valence-corrected chi connectivity index (χ0v) is 15.9. The first-order valence-electron chi connectivity index (χ1n) is 9.05. The summed E-state index contributed by atoms with van der Waals surface area (Å²) in [7, 11) is 0. The summed E-state index contributed by atoms with van der Waals surface area (Å²) in [5, 5.41) is 5.02. The van der Waals surface area contributed by atoms with Crippen molar-refractivity contribution in [2.24, 2.45) is 0 Å². The molecule has 1 N–H and O–H groups in total. The van der Waals surface area contributed by atoms with E-state index in [1.807, 2.05) is 0 Å². The molecule has 4 rings (SSSR count). The van der Waals surface area contributed by atoms with Gasteiger partial charge in [0.1, 0.15) is 18.2 Å². The number of amides is 1. The Kier molecular flexibility index (Phi) is 5.64. The number of thiazole rings is 1. The fraction of sp³-hybridized carbons (Fsp3) is 0.238. The van der Waals surface area contributed by atoms with Gasteiger partial charge in [-0.25, -0.2) is 9.37 Å². The number of carbonyl (C=O) groups is 1. The molecule has 1 atom stereocenters. The van der Waals surface area contributed by atoms with E-state index in [-0.39, 0.29) is 17.8 Å². The molecule has 1 saturated heterocycles. The van der Waals surface area contributed by atoms with Gasteiger partial charge in [0.05, 0.1) is 11.8 Å². The van der Waals surface area contributed by atoms with Crippen LogP contribution in [0.4, 0.5) is 9.52 Å². The number of ether oxygens (including phenoxy) is 2. The zero-order chi connectivity index (χ0) is 19.3. The second-order valence-electron chi connectivity index (χ2n) is 6.47. The van der Waals surface area contributed by atoms with Gasteiger partial charge in [0, 0.05) is 23.1 Å². The first-order chi connectivity index (χ1) is 13.7. The summed E-state index contributed by atoms with van der Waals surface area (Å²) >= 11 is 1.29. The van der Waals surface area contributed by atoms with Gasteiger partial charge < -0.3 is 9.47 Å². The first-order valence-corrected chi connectivity index (χ1v) is 9.92. The van der Waals surface area contributed by atoms with E-state index in [0.717, 1.165) is 19.4 Å². The number of hydrogen-bond acceptors (Lipinski definition) is 5. The van der Waals surface area contributed by atoms with Crippen LogP contribution in [0.15, 0.2) is 53.9 Å². The maximum Gasteiger partial charge on any atom is 0.257 e. The van der Waals surface area contributed by atoms with Gasteiger partial charge in [0.2, 0.25) is 0 Å². The summed E-state index contributed by atoms with van der Waals surface area (Å²) in [6.07, 6.45) is 2.25. The van der Waals surface area contributed by atoms with E-state index >= 15 is 0 Å². The Morgan fingerprint density at radius 2 is 2.14 bits per heavy atom. The van der Waals surface area contributed by atoms with Gasteiger partial charge in [-0.15, -0.1) is 11.3 Å². The van der Waals surface area contributed by atoms with Crippen molar-refractivity contribution in [3.63, 3.8) is 0 Å². The van der Waals surface area contributed by atoms with E-state index in [2.05, 4.69) is 10.3 Å². The molecule has 1 fully saturated rings. The van der Waals surface area contributed by atoms with Crippen LogP contribution in [0.2, 0.25) is 0 Å². The topological polar surface area (TPSA) is 60.5 Å². The molecule has 0 bridgehead atoms. The molecule has 1 amide bonds. The SMILES string of the molecule is O=C(Nc1nc(-c2cccc(F)c2)cs1)c1ccc(OCC2CCCO2)cc1. The van der Waals surface area contributed by atoms with Crippen LogP contribution < -0.4 is 10.1 Å². The Labute approximate surface area is 166 Å². The largest absolute Gasteiger partial charge is 0.491 e. The Balaban J connectivity index is 1.35. The Morgan fingerprint density at radius 3 is 2.89 bits per heavy atom. The van der Waals surface area contributed by atoms with Crippen molar-refractivity contribution in [1.82, 2.24) is 4.98 Å². The minimum absolute atomic E-state index is 0.153. The molecule has 3 aromatic rings. The summed E-state index contributed by atoms with van der Waals surface area (Å²) in [5.41, 5.74) is 1.80. The van der Waals surface area contributed by atoms with E-state index < -0.39 is 0 Å². The van der Waals surface area contributed by atoms with Crippen LogP contribution in [0.25, 0.3) is 11.3 Å². The highest BCUT2D eigenvalue weighted by Gasteiger charge is 2.16. The molecule has 0 spiro atoms. The molecule has 28 heavy (non-hydrogen) atoms. The molecule has 2 aromatic carbocycles. The lowest BCUT2D eigenvalue weighted by Crippen LogP contribution is -2.16. The van der Waals surface area contributed by atoms with E-state index in [1.165, 1.54) is 23.5 Å². The smallest absolute Gasteiger partial charge is 0.257 e. The molecule has 1 aliphatic rings. The Bertz CT molecular complexity index is 952. The van der Waals surface area contributed by atoms with Gasteiger partial charge in [-0.3, -0.25) is 10.1 Å². The monoisotopic (exact) mass is 398 g/mol. The van der Waals surface area contributed by atoms with Crippen molar-refractivity contribution in [1.29, 1.82) is 0 Å². The third kappa shape index (κ3) is 4.55. The van der Waals surface area contributed by atoms with E-state index in [9.17, 15) is 9.18 Å². The van der Waals surface area contributed by atoms with Gasteiger partial charge in [-0.1, -0.05) is 12.1 Å². The zero-order valence-electron chi connectivity index (χ0n) is 15.1. The van der Waals surface area contributed by atoms with Crippen molar-refractivity contribution in [3.8, 4) is 17.0 Å². The molecule has 1 aromatic heterocycles. The highest BCUT2D eigenvalue weighted by atomic mass is 32.1. The third-order valence-electron chi connectivity index (χ3n) is 4.42. The minimum atomic E-state index is -0.321. The first kappa shape index (κ1) is 18.6. The lowest BCUT2D eigenvalue weighted by Gasteiger charge is -2.11. The van der Waals surface area contributed by atoms with Crippen LogP contribution in [-0.4, -0.2) is 30.2 Å². The highest BCUT2D eigenvalue weighted by molar-refractivity contribution is 7.14. The maximum atomic E-state index is 13.4. The van der Waals surface area contributed by atoms with E-state index in [1.54, 1.807) is 41.8 Å². The van der Waals surface area contributed by atoms with Crippen LogP contribution in [0, 0.1) is 5.82 Å². The van der Waals surface area contributed by atoms with E-state index in [4.69, 9.17) is 9.47 Å². The normalized spacial score (nSPS) is 16.1. The van der Waals surface area contributed by atoms with Gasteiger partial charge in [-0.05, 0) is 49.2 Å². The quantitative estimate of drug-likeness (QED) is 0.650. The number of halogens is 1. The second-order valence-corrected chi connectivity index (χ2v) is 7.33. The molecule has 144 valence electrons. The van der Waals surface area contributed by atoms with Gasteiger partial charge >= 0.3 is 0 Å². The number of nitrogens with one attached hydrogen (secondary N) is 1.